The van der Waals surface area contributed by atoms with Gasteiger partial charge in [-0.1, -0.05) is 42.9 Å². The van der Waals surface area contributed by atoms with E-state index in [1.807, 2.05) is 13.8 Å². The number of fused-ring (bicyclic) bond motifs is 1. The van der Waals surface area contributed by atoms with Crippen LogP contribution in [0.3, 0.4) is 0 Å². The van der Waals surface area contributed by atoms with Crippen LogP contribution in [0.2, 0.25) is 0 Å². The summed E-state index contributed by atoms with van der Waals surface area (Å²) in [6.45, 7) is 13.4. The second-order valence-electron chi connectivity index (χ2n) is 12.9. The zero-order chi connectivity index (χ0) is 27.0. The molecule has 5 heteroatoms. The Kier molecular flexibility index (Phi) is 7.95. The summed E-state index contributed by atoms with van der Waals surface area (Å²) in [5.41, 5.74) is 4.95. The Morgan fingerprint density at radius 3 is 2.49 bits per heavy atom. The maximum atomic E-state index is 11.7. The first kappa shape index (κ1) is 27.9. The molecule has 0 aromatic rings. The van der Waals surface area contributed by atoms with Gasteiger partial charge in [0.1, 0.15) is 12.2 Å². The lowest BCUT2D eigenvalue weighted by Crippen LogP contribution is -2.34. The number of ether oxygens (including phenoxy) is 2. The van der Waals surface area contributed by atoms with Crippen LogP contribution in [0, 0.1) is 16.7 Å². The van der Waals surface area contributed by atoms with E-state index in [2.05, 4.69) is 31.7 Å². The van der Waals surface area contributed by atoms with E-state index in [1.54, 1.807) is 5.57 Å². The van der Waals surface area contributed by atoms with Crippen LogP contribution in [-0.4, -0.2) is 34.9 Å². The molecule has 4 rings (SSSR count). The highest BCUT2D eigenvalue weighted by Crippen LogP contribution is 2.67. The third-order valence-corrected chi connectivity index (χ3v) is 9.29. The van der Waals surface area contributed by atoms with Crippen molar-refractivity contribution in [3.05, 3.63) is 47.1 Å². The Balaban J connectivity index is 1.51. The van der Waals surface area contributed by atoms with Crippen LogP contribution < -0.4 is 0 Å². The van der Waals surface area contributed by atoms with Gasteiger partial charge in [0.2, 0.25) is 0 Å². The highest BCUT2D eigenvalue weighted by atomic mass is 16.6. The Bertz CT molecular complexity index is 1020. The molecule has 4 aliphatic carbocycles. The van der Waals surface area contributed by atoms with E-state index in [1.165, 1.54) is 51.5 Å². The lowest BCUT2D eigenvalue weighted by Gasteiger charge is -2.43. The Morgan fingerprint density at radius 2 is 1.86 bits per heavy atom. The van der Waals surface area contributed by atoms with Crippen LogP contribution >= 0.6 is 0 Å². The summed E-state index contributed by atoms with van der Waals surface area (Å²) in [6, 6.07) is 0. The second-order valence-corrected chi connectivity index (χ2v) is 12.9. The van der Waals surface area contributed by atoms with Crippen LogP contribution in [0.4, 0.5) is 0 Å². The molecule has 0 bridgehead atoms. The zero-order valence-corrected chi connectivity index (χ0v) is 23.5. The number of hydrogen-bond donors (Lipinski definition) is 1. The first-order chi connectivity index (χ1) is 17.3. The molecule has 204 valence electrons. The van der Waals surface area contributed by atoms with Gasteiger partial charge in [-0.3, -0.25) is 9.59 Å². The van der Waals surface area contributed by atoms with Crippen molar-refractivity contribution >= 4 is 11.9 Å². The van der Waals surface area contributed by atoms with Gasteiger partial charge in [0.15, 0.2) is 0 Å². The smallest absolute Gasteiger partial charge is 0.303 e. The predicted octanol–water partition coefficient (Wildman–Crippen LogP) is 6.91. The quantitative estimate of drug-likeness (QED) is 0.284. The highest BCUT2D eigenvalue weighted by molar-refractivity contribution is 5.67. The van der Waals surface area contributed by atoms with E-state index >= 15 is 0 Å². The maximum Gasteiger partial charge on any atom is 0.303 e. The summed E-state index contributed by atoms with van der Waals surface area (Å²) < 4.78 is 11.0. The van der Waals surface area contributed by atoms with Gasteiger partial charge in [-0.25, -0.2) is 0 Å². The number of carbonyl (C=O) groups excluding carboxylic acids is 2. The van der Waals surface area contributed by atoms with Crippen molar-refractivity contribution in [3.8, 4) is 0 Å². The summed E-state index contributed by atoms with van der Waals surface area (Å²) in [5.74, 6) is -0.150. The molecule has 3 saturated carbocycles. The molecule has 0 radical (unpaired) electrons. The summed E-state index contributed by atoms with van der Waals surface area (Å²) in [7, 11) is 0. The summed E-state index contributed by atoms with van der Waals surface area (Å²) >= 11 is 0. The highest BCUT2D eigenvalue weighted by Gasteiger charge is 2.56. The van der Waals surface area contributed by atoms with Crippen molar-refractivity contribution in [3.63, 3.8) is 0 Å². The van der Waals surface area contributed by atoms with Crippen molar-refractivity contribution < 1.29 is 24.2 Å². The molecular formula is C32H46O5. The Hall–Kier alpha value is -2.14. The summed E-state index contributed by atoms with van der Waals surface area (Å²) in [4.78, 5) is 23.3. The minimum absolute atomic E-state index is 0.206. The average Bonchev–Trinajstić information content (AvgIpc) is 3.45. The Labute approximate surface area is 223 Å². The zero-order valence-electron chi connectivity index (χ0n) is 23.5. The van der Waals surface area contributed by atoms with Crippen LogP contribution in [-0.2, 0) is 19.1 Å². The molecule has 37 heavy (non-hydrogen) atoms. The maximum absolute atomic E-state index is 11.7. The third kappa shape index (κ3) is 6.30. The van der Waals surface area contributed by atoms with E-state index < -0.39 is 11.7 Å². The van der Waals surface area contributed by atoms with Crippen LogP contribution in [0.5, 0.6) is 0 Å². The first-order valence-corrected chi connectivity index (χ1v) is 14.2. The number of carbonyl (C=O) groups is 2. The van der Waals surface area contributed by atoms with E-state index in [-0.39, 0.29) is 23.5 Å². The number of hydrogen-bond acceptors (Lipinski definition) is 5. The lowest BCUT2D eigenvalue weighted by atomic mass is 9.61. The van der Waals surface area contributed by atoms with E-state index in [0.29, 0.717) is 24.2 Å². The van der Waals surface area contributed by atoms with Crippen molar-refractivity contribution in [1.82, 2.24) is 0 Å². The lowest BCUT2D eigenvalue weighted by molar-refractivity contribution is -0.152. The van der Waals surface area contributed by atoms with Crippen molar-refractivity contribution in [1.29, 1.82) is 0 Å². The van der Waals surface area contributed by atoms with Gasteiger partial charge in [0.05, 0.1) is 5.60 Å². The van der Waals surface area contributed by atoms with Crippen molar-refractivity contribution in [2.75, 3.05) is 0 Å². The summed E-state index contributed by atoms with van der Waals surface area (Å²) in [6.07, 6.45) is 17.6. The molecule has 4 aliphatic rings. The second kappa shape index (κ2) is 10.6. The minimum Gasteiger partial charge on any atom is -0.462 e. The molecule has 0 heterocycles. The molecule has 0 aromatic carbocycles. The standard InChI is InChI=1S/C32H46O5/c1-21-25(19-26(36-22(2)33)20-28(21)37-23(3)34)11-10-24-9-7-15-31(6)27(24)12-13-29(31)32(17-18-32)16-8-14-30(4,5)35/h10-11,13,26-28,35H,1,7-9,12,14-20H2,2-6H3/b24-10+,25-11-/t26?,27?,28-,31-/m0/s1. The molecule has 0 spiro atoms. The van der Waals surface area contributed by atoms with E-state index in [0.717, 1.165) is 36.8 Å². The fraction of sp³-hybridized carbons (Fsp3) is 0.688. The number of rotatable bonds is 8. The van der Waals surface area contributed by atoms with Gasteiger partial charge in [0.25, 0.3) is 0 Å². The van der Waals surface area contributed by atoms with Crippen LogP contribution in [0.25, 0.3) is 0 Å². The van der Waals surface area contributed by atoms with E-state index in [9.17, 15) is 14.7 Å². The van der Waals surface area contributed by atoms with E-state index in [4.69, 9.17) is 9.47 Å². The van der Waals surface area contributed by atoms with Gasteiger partial charge in [-0.05, 0) is 99.5 Å². The predicted molar refractivity (Wildman–Crippen MR) is 146 cm³/mol. The first-order valence-electron chi connectivity index (χ1n) is 14.2. The number of allylic oxidation sites excluding steroid dienone is 5. The summed E-state index contributed by atoms with van der Waals surface area (Å²) in [5, 5.41) is 10.2. The SMILES string of the molecule is C=C1/C(=C\C=C2/CCC[C@]3(C)C(C4(CCCC(C)(C)O)CC4)=CCC23)CC(OC(C)=O)C[C@@H]1OC(C)=O. The fourth-order valence-corrected chi connectivity index (χ4v) is 7.38. The average molecular weight is 511 g/mol. The molecule has 2 unspecified atom stereocenters. The van der Waals surface area contributed by atoms with Crippen LogP contribution in [0.15, 0.2) is 47.1 Å². The van der Waals surface area contributed by atoms with Gasteiger partial charge >= 0.3 is 11.9 Å². The van der Waals surface area contributed by atoms with Gasteiger partial charge in [0, 0.05) is 26.7 Å². The molecule has 4 atom stereocenters. The monoisotopic (exact) mass is 510 g/mol. The molecule has 0 amide bonds. The number of aliphatic hydroxyl groups is 1. The number of esters is 2. The molecule has 3 fully saturated rings. The normalized spacial score (nSPS) is 33.2. The van der Waals surface area contributed by atoms with Gasteiger partial charge < -0.3 is 14.6 Å². The van der Waals surface area contributed by atoms with Crippen LogP contribution in [0.1, 0.15) is 105 Å². The molecule has 0 saturated heterocycles. The third-order valence-electron chi connectivity index (χ3n) is 9.29. The topological polar surface area (TPSA) is 72.8 Å². The van der Waals surface area contributed by atoms with Gasteiger partial charge in [-0.15, -0.1) is 0 Å². The Morgan fingerprint density at radius 1 is 1.16 bits per heavy atom. The van der Waals surface area contributed by atoms with Crippen molar-refractivity contribution in [2.45, 2.75) is 123 Å². The molecule has 0 aliphatic heterocycles. The fourth-order valence-electron chi connectivity index (χ4n) is 7.38. The van der Waals surface area contributed by atoms with Gasteiger partial charge in [-0.2, -0.15) is 0 Å². The van der Waals surface area contributed by atoms with Crippen molar-refractivity contribution in [2.24, 2.45) is 16.7 Å². The minimum atomic E-state index is -0.590. The molecule has 1 N–H and O–H groups in total. The largest absolute Gasteiger partial charge is 0.462 e. The molecular weight excluding hydrogens is 464 g/mol. The molecule has 0 aromatic heterocycles. The molecule has 5 nitrogen and oxygen atoms in total.